The number of ether oxygens (including phenoxy) is 1. The maximum absolute atomic E-state index is 13.9. The standard InChI is InChI=1S/C46H58F2N10O10/c47-46(48)25-35(26-49)58(32-46)40(59)27-51-45(67)37-8-9-50-39-7-4-34(24-38(37)39)33-2-5-36(6-3-33)68-23-1-10-52-19-21-57(22-20-52)41(60)28-53-11-13-54(29-42(61)62)15-17-56(31-44(65)66)18-16-55(14-12-53)30-43(63)64/h2-9,24,35H,1,10-23,25,27-32H2,(H,51,67)(H,61,62)(H,63,64)(H,65,66)/t35-/m0/s1. The Morgan fingerprint density at radius 3 is 1.78 bits per heavy atom. The van der Waals surface area contributed by atoms with Crippen molar-refractivity contribution in [3.8, 4) is 22.9 Å². The Kier molecular flexibility index (Phi) is 18.1. The van der Waals surface area contributed by atoms with Gasteiger partial charge in [0.15, 0.2) is 0 Å². The number of aromatic nitrogens is 1. The third-order valence-corrected chi connectivity index (χ3v) is 12.3. The fraction of sp³-hybridized carbons (Fsp3) is 0.522. The number of nitrogens with one attached hydrogen (secondary N) is 1. The van der Waals surface area contributed by atoms with E-state index in [2.05, 4.69) is 15.2 Å². The van der Waals surface area contributed by atoms with Crippen molar-refractivity contribution >= 4 is 46.5 Å². The number of fused-ring (bicyclic) bond motifs is 1. The summed E-state index contributed by atoms with van der Waals surface area (Å²) < 4.78 is 33.8. The Labute approximate surface area is 392 Å². The van der Waals surface area contributed by atoms with Crippen LogP contribution in [0.5, 0.6) is 5.75 Å². The molecule has 0 saturated carbocycles. The van der Waals surface area contributed by atoms with Crippen molar-refractivity contribution in [2.24, 2.45) is 0 Å². The number of carboxylic acids is 3. The van der Waals surface area contributed by atoms with Crippen molar-refractivity contribution in [1.82, 2.24) is 44.6 Å². The van der Waals surface area contributed by atoms with Crippen LogP contribution in [0.25, 0.3) is 22.0 Å². The van der Waals surface area contributed by atoms with Gasteiger partial charge < -0.3 is 35.2 Å². The second-order valence-corrected chi connectivity index (χ2v) is 17.2. The molecule has 3 fully saturated rings. The minimum absolute atomic E-state index is 0.0622. The lowest BCUT2D eigenvalue weighted by atomic mass is 10.0. The van der Waals surface area contributed by atoms with Crippen molar-refractivity contribution in [3.05, 3.63) is 60.3 Å². The van der Waals surface area contributed by atoms with Crippen molar-refractivity contribution in [2.75, 3.05) is 131 Å². The van der Waals surface area contributed by atoms with E-state index in [0.717, 1.165) is 29.0 Å². The van der Waals surface area contributed by atoms with Gasteiger partial charge in [0.1, 0.15) is 11.8 Å². The summed E-state index contributed by atoms with van der Waals surface area (Å²) in [6.45, 7) is 4.22. The normalized spacial score (nSPS) is 19.4. The van der Waals surface area contributed by atoms with E-state index in [9.17, 15) is 58.1 Å². The number of alkyl halides is 2. The maximum atomic E-state index is 13.9. The zero-order valence-corrected chi connectivity index (χ0v) is 37.8. The molecular weight excluding hydrogens is 891 g/mol. The topological polar surface area (TPSA) is 244 Å². The van der Waals surface area contributed by atoms with E-state index < -0.39 is 61.2 Å². The van der Waals surface area contributed by atoms with Gasteiger partial charge in [0, 0.05) is 103 Å². The smallest absolute Gasteiger partial charge is 0.317 e. The first-order chi connectivity index (χ1) is 32.5. The summed E-state index contributed by atoms with van der Waals surface area (Å²) in [5.74, 6) is -6.96. The highest BCUT2D eigenvalue weighted by atomic mass is 19.3. The Morgan fingerprint density at radius 2 is 1.24 bits per heavy atom. The molecule has 1 aromatic heterocycles. The van der Waals surface area contributed by atoms with Gasteiger partial charge in [-0.2, -0.15) is 5.26 Å². The van der Waals surface area contributed by atoms with Gasteiger partial charge in [-0.25, -0.2) is 8.78 Å². The summed E-state index contributed by atoms with van der Waals surface area (Å²) in [5, 5.41) is 40.7. The highest BCUT2D eigenvalue weighted by molar-refractivity contribution is 6.07. The molecule has 0 bridgehead atoms. The molecule has 0 unspecified atom stereocenters. The van der Waals surface area contributed by atoms with Gasteiger partial charge >= 0.3 is 17.9 Å². The third-order valence-electron chi connectivity index (χ3n) is 12.3. The molecule has 1 atom stereocenters. The number of likely N-dealkylation sites (tertiary alicyclic amines) is 1. The number of carboxylic acid groups (broad SMARTS) is 3. The van der Waals surface area contributed by atoms with Gasteiger partial charge in [-0.05, 0) is 47.9 Å². The zero-order valence-electron chi connectivity index (χ0n) is 37.8. The number of aliphatic carboxylic acids is 3. The van der Waals surface area contributed by atoms with Crippen LogP contribution in [0.2, 0.25) is 0 Å². The molecule has 3 aromatic rings. The molecule has 3 aliphatic rings. The number of piperazine rings is 1. The predicted octanol–water partition coefficient (Wildman–Crippen LogP) is 0.780. The summed E-state index contributed by atoms with van der Waals surface area (Å²) in [6.07, 6.45) is 1.47. The molecule has 0 spiro atoms. The Hall–Kier alpha value is -6.38. The number of pyridine rings is 1. The van der Waals surface area contributed by atoms with Gasteiger partial charge in [-0.15, -0.1) is 0 Å². The van der Waals surface area contributed by atoms with Crippen LogP contribution in [0.1, 0.15) is 23.2 Å². The van der Waals surface area contributed by atoms with Crippen molar-refractivity contribution in [1.29, 1.82) is 5.26 Å². The first-order valence-corrected chi connectivity index (χ1v) is 22.6. The molecule has 2 aromatic carbocycles. The largest absolute Gasteiger partial charge is 0.494 e. The Bertz CT molecular complexity index is 2280. The van der Waals surface area contributed by atoms with E-state index in [4.69, 9.17) is 4.74 Å². The van der Waals surface area contributed by atoms with E-state index in [-0.39, 0.29) is 37.6 Å². The number of hydrogen-bond donors (Lipinski definition) is 4. The van der Waals surface area contributed by atoms with Crippen LogP contribution in [0, 0.1) is 11.3 Å². The lowest BCUT2D eigenvalue weighted by molar-refractivity contribution is -0.141. The van der Waals surface area contributed by atoms with Crippen LogP contribution >= 0.6 is 0 Å². The van der Waals surface area contributed by atoms with E-state index in [0.29, 0.717) is 102 Å². The Morgan fingerprint density at radius 1 is 0.706 bits per heavy atom. The van der Waals surface area contributed by atoms with E-state index >= 15 is 0 Å². The van der Waals surface area contributed by atoms with Crippen LogP contribution in [-0.2, 0) is 24.0 Å². The quantitative estimate of drug-likeness (QED) is 0.137. The SMILES string of the molecule is N#C[C@@H]1CC(F)(F)CN1C(=O)CNC(=O)c1ccnc2ccc(-c3ccc(OCCCN4CCN(C(=O)CN5CCN(CC(=O)O)CCN(CC(=O)O)CCN(CC(=O)O)CC5)CC4)cc3)cc12. The molecule has 20 nitrogen and oxygen atoms in total. The van der Waals surface area contributed by atoms with Gasteiger partial charge in [0.25, 0.3) is 11.8 Å². The second-order valence-electron chi connectivity index (χ2n) is 17.2. The Balaban J connectivity index is 0.947. The third kappa shape index (κ3) is 15.1. The molecule has 6 rings (SSSR count). The van der Waals surface area contributed by atoms with Gasteiger partial charge in [-0.1, -0.05) is 18.2 Å². The lowest BCUT2D eigenvalue weighted by Crippen LogP contribution is -2.53. The average molecular weight is 949 g/mol. The van der Waals surface area contributed by atoms with E-state index in [1.807, 2.05) is 46.2 Å². The highest BCUT2D eigenvalue weighted by Crippen LogP contribution is 2.32. The summed E-state index contributed by atoms with van der Waals surface area (Å²) in [6, 6.07) is 14.9. The van der Waals surface area contributed by atoms with Crippen molar-refractivity contribution < 1.29 is 57.6 Å². The van der Waals surface area contributed by atoms with E-state index in [1.165, 1.54) is 12.3 Å². The number of amides is 3. The maximum Gasteiger partial charge on any atom is 0.317 e. The molecule has 22 heteroatoms. The van der Waals surface area contributed by atoms with Gasteiger partial charge in [0.05, 0.1) is 63.0 Å². The molecule has 3 saturated heterocycles. The summed E-state index contributed by atoms with van der Waals surface area (Å²) in [4.78, 5) is 90.5. The van der Waals surface area contributed by atoms with Crippen LogP contribution in [0.15, 0.2) is 54.7 Å². The fourth-order valence-electron chi connectivity index (χ4n) is 8.59. The molecule has 3 amide bonds. The second kappa shape index (κ2) is 24.1. The highest BCUT2D eigenvalue weighted by Gasteiger charge is 2.47. The molecule has 366 valence electrons. The first-order valence-electron chi connectivity index (χ1n) is 22.6. The predicted molar refractivity (Wildman–Crippen MR) is 242 cm³/mol. The molecule has 4 N–H and O–H groups in total. The van der Waals surface area contributed by atoms with Gasteiger partial charge in [0.2, 0.25) is 11.8 Å². The average Bonchev–Trinajstić information content (AvgIpc) is 3.64. The number of halogens is 2. The minimum atomic E-state index is -3.16. The zero-order chi connectivity index (χ0) is 48.8. The number of nitrogens with zero attached hydrogens (tertiary/aromatic N) is 9. The number of rotatable bonds is 17. The van der Waals surface area contributed by atoms with E-state index in [1.54, 1.807) is 26.8 Å². The fourth-order valence-corrected chi connectivity index (χ4v) is 8.59. The molecule has 0 radical (unpaired) electrons. The van der Waals surface area contributed by atoms with Crippen molar-refractivity contribution in [2.45, 2.75) is 24.8 Å². The van der Waals surface area contributed by atoms with Gasteiger partial charge in [-0.3, -0.25) is 58.3 Å². The van der Waals surface area contributed by atoms with Crippen LogP contribution in [0.3, 0.4) is 0 Å². The number of benzene rings is 2. The molecular formula is C46H58F2N10O10. The number of hydrogen-bond acceptors (Lipinski definition) is 14. The van der Waals surface area contributed by atoms with Crippen LogP contribution < -0.4 is 10.1 Å². The monoisotopic (exact) mass is 948 g/mol. The van der Waals surface area contributed by atoms with Crippen molar-refractivity contribution in [3.63, 3.8) is 0 Å². The molecule has 3 aliphatic heterocycles. The number of nitriles is 1. The minimum Gasteiger partial charge on any atom is -0.494 e. The number of carbonyl (C=O) groups is 6. The molecule has 0 aliphatic carbocycles. The summed E-state index contributed by atoms with van der Waals surface area (Å²) in [5.41, 5.74) is 2.44. The molecule has 4 heterocycles. The lowest BCUT2D eigenvalue weighted by Gasteiger charge is -2.37. The molecule has 68 heavy (non-hydrogen) atoms. The number of carbonyl (C=O) groups excluding carboxylic acids is 3. The first kappa shape index (κ1) is 51.0. The van der Waals surface area contributed by atoms with Crippen LogP contribution in [0.4, 0.5) is 8.78 Å². The van der Waals surface area contributed by atoms with Crippen LogP contribution in [-0.4, -0.2) is 233 Å². The summed E-state index contributed by atoms with van der Waals surface area (Å²) >= 11 is 0. The summed E-state index contributed by atoms with van der Waals surface area (Å²) in [7, 11) is 0.